The second-order valence-corrected chi connectivity index (χ2v) is 9.66. The zero-order valence-corrected chi connectivity index (χ0v) is 21.6. The molecule has 0 aromatic heterocycles. The molecule has 2 saturated heterocycles. The van der Waals surface area contributed by atoms with Gasteiger partial charge in [0.15, 0.2) is 0 Å². The summed E-state index contributed by atoms with van der Waals surface area (Å²) in [6.07, 6.45) is 0.566. The highest BCUT2D eigenvalue weighted by Crippen LogP contribution is 2.39. The summed E-state index contributed by atoms with van der Waals surface area (Å²) < 4.78 is 25.8. The number of nitrogens with zero attached hydrogens (tertiary/aromatic N) is 2. The van der Waals surface area contributed by atoms with Crippen LogP contribution in [0.15, 0.2) is 78.9 Å². The number of hydrogen-bond acceptors (Lipinski definition) is 5. The number of ether oxygens (including phenoxy) is 2. The van der Waals surface area contributed by atoms with Gasteiger partial charge in [-0.05, 0) is 35.9 Å². The minimum atomic E-state index is -1.08. The Hall–Kier alpha value is -4.24. The van der Waals surface area contributed by atoms with Gasteiger partial charge in [-0.2, -0.15) is 0 Å². The Labute approximate surface area is 226 Å². The van der Waals surface area contributed by atoms with Crippen LogP contribution in [0.4, 0.5) is 4.39 Å². The Kier molecular flexibility index (Phi) is 7.60. The van der Waals surface area contributed by atoms with Crippen molar-refractivity contribution in [1.82, 2.24) is 15.1 Å². The minimum absolute atomic E-state index is 0.00303. The zero-order chi connectivity index (χ0) is 27.4. The summed E-state index contributed by atoms with van der Waals surface area (Å²) in [5.41, 5.74) is 0.222. The van der Waals surface area contributed by atoms with Crippen molar-refractivity contribution in [3.63, 3.8) is 0 Å². The van der Waals surface area contributed by atoms with Crippen LogP contribution < -0.4 is 10.1 Å². The van der Waals surface area contributed by atoms with Crippen LogP contribution in [0.2, 0.25) is 0 Å². The molecule has 39 heavy (non-hydrogen) atoms. The fourth-order valence-corrected chi connectivity index (χ4v) is 5.23. The molecule has 3 aromatic rings. The van der Waals surface area contributed by atoms with E-state index in [1.807, 2.05) is 30.3 Å². The van der Waals surface area contributed by atoms with Gasteiger partial charge in [-0.25, -0.2) is 4.39 Å². The lowest BCUT2D eigenvalue weighted by molar-refractivity contribution is -0.128. The molecule has 3 aromatic carbocycles. The average Bonchev–Trinajstić information content (AvgIpc) is 3.34. The highest BCUT2D eigenvalue weighted by molar-refractivity contribution is 5.99. The van der Waals surface area contributed by atoms with Crippen LogP contribution in [0.1, 0.15) is 39.1 Å². The van der Waals surface area contributed by atoms with E-state index in [0.29, 0.717) is 17.9 Å². The van der Waals surface area contributed by atoms with Crippen LogP contribution in [0, 0.1) is 5.82 Å². The maximum Gasteiger partial charge on any atom is 0.257 e. The summed E-state index contributed by atoms with van der Waals surface area (Å²) in [6, 6.07) is 21.3. The van der Waals surface area contributed by atoms with Crippen LogP contribution in [0.3, 0.4) is 0 Å². The molecule has 0 aliphatic carbocycles. The van der Waals surface area contributed by atoms with Gasteiger partial charge in [-0.1, -0.05) is 48.5 Å². The molecule has 9 heteroatoms. The molecular weight excluding hydrogens is 501 g/mol. The van der Waals surface area contributed by atoms with Crippen molar-refractivity contribution in [2.45, 2.75) is 31.2 Å². The molecule has 0 radical (unpaired) electrons. The van der Waals surface area contributed by atoms with E-state index < -0.39 is 23.5 Å². The first-order chi connectivity index (χ1) is 18.9. The number of amides is 3. The Morgan fingerprint density at radius 1 is 0.974 bits per heavy atom. The monoisotopic (exact) mass is 531 g/mol. The van der Waals surface area contributed by atoms with E-state index in [4.69, 9.17) is 9.47 Å². The predicted octanol–water partition coefficient (Wildman–Crippen LogP) is 3.62. The molecule has 1 N–H and O–H groups in total. The fraction of sp³-hybridized carbons (Fsp3) is 0.300. The standard InChI is InChI=1S/C30H30FN3O5/c1-38-23-11-7-10-22(18-23)28(36)34-26(27(35)32-19-21-8-3-2-4-9-21)20-39-30(34)14-16-33(17-15-30)29(37)24-12-5-6-13-25(24)31/h2-13,18,26H,14-17,19-20H2,1H3,(H,32,35)/t26-/m1/s1. The summed E-state index contributed by atoms with van der Waals surface area (Å²) in [7, 11) is 1.52. The molecule has 3 amide bonds. The van der Waals surface area contributed by atoms with E-state index in [1.54, 1.807) is 35.2 Å². The van der Waals surface area contributed by atoms with E-state index in [0.717, 1.165) is 5.56 Å². The molecule has 8 nitrogen and oxygen atoms in total. The number of likely N-dealkylation sites (tertiary alicyclic amines) is 1. The maximum absolute atomic E-state index is 14.3. The maximum atomic E-state index is 14.3. The van der Waals surface area contributed by atoms with Gasteiger partial charge in [0.05, 0.1) is 19.3 Å². The highest BCUT2D eigenvalue weighted by atomic mass is 19.1. The van der Waals surface area contributed by atoms with Crippen molar-refractivity contribution in [2.75, 3.05) is 26.8 Å². The van der Waals surface area contributed by atoms with E-state index in [2.05, 4.69) is 5.32 Å². The van der Waals surface area contributed by atoms with Crippen molar-refractivity contribution in [3.05, 3.63) is 101 Å². The van der Waals surface area contributed by atoms with Gasteiger partial charge in [0.1, 0.15) is 23.3 Å². The molecule has 1 atom stereocenters. The number of hydrogen-bond donors (Lipinski definition) is 1. The minimum Gasteiger partial charge on any atom is -0.497 e. The third-order valence-corrected chi connectivity index (χ3v) is 7.34. The van der Waals surface area contributed by atoms with Gasteiger partial charge in [0.25, 0.3) is 11.8 Å². The van der Waals surface area contributed by atoms with Crippen LogP contribution in [-0.4, -0.2) is 66.1 Å². The third kappa shape index (κ3) is 5.35. The summed E-state index contributed by atoms with van der Waals surface area (Å²) >= 11 is 0. The molecule has 1 spiro atoms. The lowest BCUT2D eigenvalue weighted by Crippen LogP contribution is -2.59. The number of nitrogens with one attached hydrogen (secondary N) is 1. The highest BCUT2D eigenvalue weighted by Gasteiger charge is 2.54. The molecule has 202 valence electrons. The lowest BCUT2D eigenvalue weighted by Gasteiger charge is -2.44. The van der Waals surface area contributed by atoms with E-state index in [-0.39, 0.29) is 49.9 Å². The summed E-state index contributed by atoms with van der Waals surface area (Å²) in [4.78, 5) is 43.4. The fourth-order valence-electron chi connectivity index (χ4n) is 5.23. The van der Waals surface area contributed by atoms with Gasteiger partial charge >= 0.3 is 0 Å². The van der Waals surface area contributed by atoms with Crippen molar-refractivity contribution in [3.8, 4) is 5.75 Å². The Morgan fingerprint density at radius 3 is 2.41 bits per heavy atom. The molecule has 2 heterocycles. The molecule has 2 fully saturated rings. The van der Waals surface area contributed by atoms with E-state index in [9.17, 15) is 18.8 Å². The Balaban J connectivity index is 1.38. The Morgan fingerprint density at radius 2 is 1.69 bits per heavy atom. The number of piperidine rings is 1. The van der Waals surface area contributed by atoms with Crippen LogP contribution in [0.5, 0.6) is 5.75 Å². The van der Waals surface area contributed by atoms with Crippen molar-refractivity contribution in [2.24, 2.45) is 0 Å². The van der Waals surface area contributed by atoms with Gasteiger partial charge in [0, 0.05) is 38.0 Å². The molecule has 0 saturated carbocycles. The lowest BCUT2D eigenvalue weighted by atomic mass is 9.96. The molecule has 0 bridgehead atoms. The number of carbonyl (C=O) groups is 3. The first kappa shape index (κ1) is 26.4. The number of carbonyl (C=O) groups excluding carboxylic acids is 3. The number of halogens is 1. The van der Waals surface area contributed by atoms with Gasteiger partial charge in [-0.3, -0.25) is 19.3 Å². The summed E-state index contributed by atoms with van der Waals surface area (Å²) in [5.74, 6) is -1.16. The first-order valence-electron chi connectivity index (χ1n) is 12.9. The second-order valence-electron chi connectivity index (χ2n) is 9.66. The average molecular weight is 532 g/mol. The summed E-state index contributed by atoms with van der Waals surface area (Å²) in [5, 5.41) is 2.93. The molecule has 2 aliphatic heterocycles. The largest absolute Gasteiger partial charge is 0.497 e. The van der Waals surface area contributed by atoms with Crippen LogP contribution in [0.25, 0.3) is 0 Å². The van der Waals surface area contributed by atoms with Crippen molar-refractivity contribution >= 4 is 17.7 Å². The third-order valence-electron chi connectivity index (χ3n) is 7.34. The smallest absolute Gasteiger partial charge is 0.257 e. The van der Waals surface area contributed by atoms with Crippen LogP contribution in [-0.2, 0) is 16.1 Å². The normalized spacial score (nSPS) is 18.2. The van der Waals surface area contributed by atoms with Crippen LogP contribution >= 0.6 is 0 Å². The molecular formula is C30H30FN3O5. The number of rotatable bonds is 6. The van der Waals surface area contributed by atoms with Gasteiger partial charge in [-0.15, -0.1) is 0 Å². The van der Waals surface area contributed by atoms with Crippen molar-refractivity contribution < 1.29 is 28.2 Å². The van der Waals surface area contributed by atoms with Gasteiger partial charge < -0.3 is 19.7 Å². The second kappa shape index (κ2) is 11.2. The topological polar surface area (TPSA) is 88.2 Å². The molecule has 2 aliphatic rings. The quantitative estimate of drug-likeness (QED) is 0.525. The SMILES string of the molecule is COc1cccc(C(=O)N2[C@@H](C(=O)NCc3ccccc3)COC23CCN(C(=O)c2ccccc2F)CC3)c1. The van der Waals surface area contributed by atoms with E-state index in [1.165, 1.54) is 30.2 Å². The molecule has 5 rings (SSSR count). The van der Waals surface area contributed by atoms with Gasteiger partial charge in [0.2, 0.25) is 5.91 Å². The zero-order valence-electron chi connectivity index (χ0n) is 21.6. The van der Waals surface area contributed by atoms with Crippen molar-refractivity contribution in [1.29, 1.82) is 0 Å². The predicted molar refractivity (Wildman–Crippen MR) is 141 cm³/mol. The number of methoxy groups -OCH3 is 1. The van der Waals surface area contributed by atoms with E-state index >= 15 is 0 Å². The first-order valence-corrected chi connectivity index (χ1v) is 12.9. The Bertz CT molecular complexity index is 1360. The number of benzene rings is 3. The summed E-state index contributed by atoms with van der Waals surface area (Å²) in [6.45, 7) is 0.827. The molecule has 0 unspecified atom stereocenters.